The number of sulfonamides is 1. The van der Waals surface area contributed by atoms with Gasteiger partial charge in [0.25, 0.3) is 0 Å². The number of rotatable bonds is 5. The molecule has 0 radical (unpaired) electrons. The number of likely N-dealkylation sites (N-methyl/N-ethyl adjacent to an activating group) is 1. The molecule has 8 heteroatoms. The number of para-hydroxylation sites is 1. The van der Waals surface area contributed by atoms with E-state index in [9.17, 15) is 18.0 Å². The first-order valence-corrected chi connectivity index (χ1v) is 10.6. The second-order valence-corrected chi connectivity index (χ2v) is 9.19. The molecule has 1 amide bonds. The molecular formula is C21H24N2O5S. The first-order chi connectivity index (χ1) is 13.7. The number of methoxy groups -OCH3 is 1. The highest BCUT2D eigenvalue weighted by Crippen LogP contribution is 2.33. The van der Waals surface area contributed by atoms with Crippen molar-refractivity contribution >= 4 is 27.6 Å². The van der Waals surface area contributed by atoms with Crippen molar-refractivity contribution in [2.24, 2.45) is 0 Å². The van der Waals surface area contributed by atoms with E-state index in [2.05, 4.69) is 0 Å². The van der Waals surface area contributed by atoms with Gasteiger partial charge in [0.2, 0.25) is 15.9 Å². The second kappa shape index (κ2) is 7.96. The van der Waals surface area contributed by atoms with Crippen LogP contribution in [0.3, 0.4) is 0 Å². The number of amides is 1. The van der Waals surface area contributed by atoms with E-state index in [1.165, 1.54) is 25.1 Å². The van der Waals surface area contributed by atoms with Gasteiger partial charge < -0.3 is 4.74 Å². The Balaban J connectivity index is 1.87. The zero-order valence-corrected chi connectivity index (χ0v) is 17.7. The predicted molar refractivity (Wildman–Crippen MR) is 109 cm³/mol. The standard InChI is InChI=1S/C21H24N2O5S/c1-14-9-10-17(11-15(14)2)29(26,27)22(3)13-20(24)23-18-8-6-5-7-16(18)12-19(23)21(25)28-4/h5-11,19H,12-13H2,1-4H3. The average molecular weight is 416 g/mol. The van der Waals surface area contributed by atoms with Crippen molar-refractivity contribution in [3.05, 3.63) is 59.2 Å². The normalized spacial score (nSPS) is 16.0. The van der Waals surface area contributed by atoms with Crippen molar-refractivity contribution < 1.29 is 22.7 Å². The number of nitrogens with zero attached hydrogens (tertiary/aromatic N) is 2. The molecule has 2 aromatic carbocycles. The van der Waals surface area contributed by atoms with E-state index in [1.54, 1.807) is 24.3 Å². The van der Waals surface area contributed by atoms with Gasteiger partial charge in [-0.3, -0.25) is 9.69 Å². The summed E-state index contributed by atoms with van der Waals surface area (Å²) in [6, 6.07) is 11.2. The molecule has 1 aliphatic rings. The van der Waals surface area contributed by atoms with Crippen LogP contribution in [0.2, 0.25) is 0 Å². The summed E-state index contributed by atoms with van der Waals surface area (Å²) in [6.07, 6.45) is 0.336. The molecule has 0 aromatic heterocycles. The fourth-order valence-electron chi connectivity index (χ4n) is 3.42. The molecule has 29 heavy (non-hydrogen) atoms. The zero-order valence-electron chi connectivity index (χ0n) is 16.9. The molecule has 0 N–H and O–H groups in total. The lowest BCUT2D eigenvalue weighted by Gasteiger charge is -2.26. The Morgan fingerprint density at radius 2 is 1.83 bits per heavy atom. The van der Waals surface area contributed by atoms with Gasteiger partial charge >= 0.3 is 5.97 Å². The minimum atomic E-state index is -3.85. The maximum Gasteiger partial charge on any atom is 0.329 e. The Labute approximate surface area is 170 Å². The topological polar surface area (TPSA) is 84.0 Å². The number of carbonyl (C=O) groups excluding carboxylic acids is 2. The van der Waals surface area contributed by atoms with E-state index >= 15 is 0 Å². The highest BCUT2D eigenvalue weighted by molar-refractivity contribution is 7.89. The third-order valence-corrected chi connectivity index (χ3v) is 7.06. The molecule has 1 aliphatic heterocycles. The van der Waals surface area contributed by atoms with E-state index in [0.29, 0.717) is 12.1 Å². The third kappa shape index (κ3) is 3.90. The summed E-state index contributed by atoms with van der Waals surface area (Å²) >= 11 is 0. The van der Waals surface area contributed by atoms with Gasteiger partial charge in [-0.05, 0) is 48.7 Å². The Bertz CT molecular complexity index is 1060. The van der Waals surface area contributed by atoms with Crippen LogP contribution < -0.4 is 4.90 Å². The molecular weight excluding hydrogens is 392 g/mol. The maximum atomic E-state index is 13.1. The molecule has 0 saturated carbocycles. The van der Waals surface area contributed by atoms with Crippen LogP contribution in [0, 0.1) is 13.8 Å². The predicted octanol–water partition coefficient (Wildman–Crippen LogP) is 2.05. The first kappa shape index (κ1) is 21.0. The van der Waals surface area contributed by atoms with Crippen LogP contribution in [-0.2, 0) is 30.8 Å². The van der Waals surface area contributed by atoms with Gasteiger partial charge in [-0.1, -0.05) is 24.3 Å². The highest BCUT2D eigenvalue weighted by atomic mass is 32.2. The number of aryl methyl sites for hydroxylation is 2. The van der Waals surface area contributed by atoms with Crippen LogP contribution in [0.25, 0.3) is 0 Å². The van der Waals surface area contributed by atoms with Gasteiger partial charge in [-0.15, -0.1) is 0 Å². The molecule has 1 heterocycles. The van der Waals surface area contributed by atoms with Crippen molar-refractivity contribution in [1.29, 1.82) is 0 Å². The Kier molecular flexibility index (Phi) is 5.77. The lowest BCUT2D eigenvalue weighted by molar-refractivity contribution is -0.143. The van der Waals surface area contributed by atoms with Crippen LogP contribution in [0.15, 0.2) is 47.4 Å². The first-order valence-electron chi connectivity index (χ1n) is 9.18. The summed E-state index contributed by atoms with van der Waals surface area (Å²) < 4.78 is 31.7. The van der Waals surface area contributed by atoms with Gasteiger partial charge in [0.1, 0.15) is 6.04 Å². The lowest BCUT2D eigenvalue weighted by atomic mass is 10.1. The Morgan fingerprint density at radius 1 is 1.14 bits per heavy atom. The average Bonchev–Trinajstić information content (AvgIpc) is 3.08. The van der Waals surface area contributed by atoms with Gasteiger partial charge in [-0.2, -0.15) is 4.31 Å². The maximum absolute atomic E-state index is 13.1. The number of hydrogen-bond donors (Lipinski definition) is 0. The molecule has 7 nitrogen and oxygen atoms in total. The largest absolute Gasteiger partial charge is 0.467 e. The van der Waals surface area contributed by atoms with E-state index in [1.807, 2.05) is 26.0 Å². The fourth-order valence-corrected chi connectivity index (χ4v) is 4.63. The molecule has 0 fully saturated rings. The van der Waals surface area contributed by atoms with Gasteiger partial charge in [-0.25, -0.2) is 13.2 Å². The summed E-state index contributed by atoms with van der Waals surface area (Å²) in [7, 11) is -1.23. The molecule has 2 aromatic rings. The summed E-state index contributed by atoms with van der Waals surface area (Å²) in [5, 5.41) is 0. The third-order valence-electron chi connectivity index (χ3n) is 5.26. The van der Waals surface area contributed by atoms with Crippen molar-refractivity contribution in [3.8, 4) is 0 Å². The minimum Gasteiger partial charge on any atom is -0.467 e. The van der Waals surface area contributed by atoms with Crippen LogP contribution in [0.5, 0.6) is 0 Å². The summed E-state index contributed by atoms with van der Waals surface area (Å²) in [5.41, 5.74) is 3.28. The smallest absolute Gasteiger partial charge is 0.329 e. The molecule has 3 rings (SSSR count). The SMILES string of the molecule is COC(=O)C1Cc2ccccc2N1C(=O)CN(C)S(=O)(=O)c1ccc(C)c(C)c1. The number of ether oxygens (including phenoxy) is 1. The highest BCUT2D eigenvalue weighted by Gasteiger charge is 2.40. The second-order valence-electron chi connectivity index (χ2n) is 7.14. The van der Waals surface area contributed by atoms with Gasteiger partial charge in [0.05, 0.1) is 18.6 Å². The molecule has 0 bridgehead atoms. The van der Waals surface area contributed by atoms with Crippen molar-refractivity contribution in [2.45, 2.75) is 31.2 Å². The molecule has 0 aliphatic carbocycles. The Morgan fingerprint density at radius 3 is 2.48 bits per heavy atom. The van der Waals surface area contributed by atoms with Crippen LogP contribution in [0.4, 0.5) is 5.69 Å². The number of benzene rings is 2. The minimum absolute atomic E-state index is 0.127. The monoisotopic (exact) mass is 416 g/mol. The van der Waals surface area contributed by atoms with Gasteiger partial charge in [0.15, 0.2) is 0 Å². The van der Waals surface area contributed by atoms with E-state index in [4.69, 9.17) is 4.74 Å². The molecule has 154 valence electrons. The molecule has 1 atom stereocenters. The van der Waals surface area contributed by atoms with Crippen molar-refractivity contribution in [2.75, 3.05) is 25.6 Å². The van der Waals surface area contributed by atoms with Crippen LogP contribution >= 0.6 is 0 Å². The fraction of sp³-hybridized carbons (Fsp3) is 0.333. The van der Waals surface area contributed by atoms with Crippen molar-refractivity contribution in [3.63, 3.8) is 0 Å². The number of esters is 1. The van der Waals surface area contributed by atoms with Crippen molar-refractivity contribution in [1.82, 2.24) is 4.31 Å². The van der Waals surface area contributed by atoms with Crippen LogP contribution in [-0.4, -0.2) is 51.3 Å². The van der Waals surface area contributed by atoms with Gasteiger partial charge in [0, 0.05) is 19.2 Å². The number of fused-ring (bicyclic) bond motifs is 1. The molecule has 1 unspecified atom stereocenters. The lowest BCUT2D eigenvalue weighted by Crippen LogP contribution is -2.48. The number of hydrogen-bond acceptors (Lipinski definition) is 5. The summed E-state index contributed by atoms with van der Waals surface area (Å²) in [5.74, 6) is -1.02. The van der Waals surface area contributed by atoms with E-state index < -0.39 is 34.5 Å². The van der Waals surface area contributed by atoms with Crippen LogP contribution in [0.1, 0.15) is 16.7 Å². The summed E-state index contributed by atoms with van der Waals surface area (Å²) in [6.45, 7) is 3.34. The van der Waals surface area contributed by atoms with E-state index in [-0.39, 0.29) is 4.90 Å². The zero-order chi connectivity index (χ0) is 21.3. The molecule has 0 spiro atoms. The number of carbonyl (C=O) groups is 2. The number of anilines is 1. The van der Waals surface area contributed by atoms with E-state index in [0.717, 1.165) is 21.0 Å². The Hall–Kier alpha value is -2.71. The molecule has 0 saturated heterocycles. The quantitative estimate of drug-likeness (QED) is 0.697. The summed E-state index contributed by atoms with van der Waals surface area (Å²) in [4.78, 5) is 26.8.